The number of ether oxygens (including phenoxy) is 3. The lowest BCUT2D eigenvalue weighted by Crippen LogP contribution is -2.12. The first-order valence-electron chi connectivity index (χ1n) is 16.4. The predicted molar refractivity (Wildman–Crippen MR) is 196 cm³/mol. The number of pyridine rings is 1. The van der Waals surface area contributed by atoms with Crippen molar-refractivity contribution in [3.63, 3.8) is 0 Å². The minimum atomic E-state index is -0.0926. The molecule has 4 aromatic carbocycles. The van der Waals surface area contributed by atoms with E-state index in [9.17, 15) is 0 Å². The van der Waals surface area contributed by atoms with Crippen LogP contribution >= 0.6 is 11.6 Å². The summed E-state index contributed by atoms with van der Waals surface area (Å²) in [6.45, 7) is 11.6. The molecule has 6 nitrogen and oxygen atoms in total. The van der Waals surface area contributed by atoms with E-state index in [4.69, 9.17) is 35.8 Å². The Labute approximate surface area is 293 Å². The van der Waals surface area contributed by atoms with E-state index >= 15 is 0 Å². The highest BCUT2D eigenvalue weighted by Gasteiger charge is 2.24. The highest BCUT2D eigenvalue weighted by Crippen LogP contribution is 2.42. The molecule has 6 aromatic rings. The van der Waals surface area contributed by atoms with Gasteiger partial charge in [-0.1, -0.05) is 129 Å². The Balaban J connectivity index is 1.44. The standard InChI is InChI=1S/C42H40ClN3O3/c1-28-21-35(42(3,4)5)36(43)22-33(28)37-23-38(47-25-30-15-9-6-10-16-30)39(29(2)45-37)34-24-44-41(49-27-32-19-13-8-14-20-32)46-40(34)48-26-31-17-11-7-12-18-31/h6-24H,25-27H2,1-5H3. The van der Waals surface area contributed by atoms with Crippen LogP contribution in [0.25, 0.3) is 22.4 Å². The monoisotopic (exact) mass is 669 g/mol. The van der Waals surface area contributed by atoms with Crippen molar-refractivity contribution in [3.05, 3.63) is 154 Å². The Morgan fingerprint density at radius 1 is 0.633 bits per heavy atom. The topological polar surface area (TPSA) is 66.4 Å². The van der Waals surface area contributed by atoms with Gasteiger partial charge < -0.3 is 14.2 Å². The van der Waals surface area contributed by atoms with E-state index in [2.05, 4.69) is 38.7 Å². The molecule has 0 atom stereocenters. The Kier molecular flexibility index (Phi) is 10.3. The lowest BCUT2D eigenvalue weighted by molar-refractivity contribution is 0.259. The van der Waals surface area contributed by atoms with Gasteiger partial charge in [0, 0.05) is 28.5 Å². The van der Waals surface area contributed by atoms with Crippen molar-refractivity contribution < 1.29 is 14.2 Å². The van der Waals surface area contributed by atoms with Crippen molar-refractivity contribution in [2.75, 3.05) is 0 Å². The summed E-state index contributed by atoms with van der Waals surface area (Å²) >= 11 is 6.87. The van der Waals surface area contributed by atoms with Crippen LogP contribution in [0.3, 0.4) is 0 Å². The summed E-state index contributed by atoms with van der Waals surface area (Å²) in [5, 5.41) is 0.708. The molecule has 0 amide bonds. The molecule has 0 unspecified atom stereocenters. The van der Waals surface area contributed by atoms with Crippen LogP contribution in [-0.4, -0.2) is 15.0 Å². The molecule has 49 heavy (non-hydrogen) atoms. The van der Waals surface area contributed by atoms with Gasteiger partial charge in [0.2, 0.25) is 5.88 Å². The molecule has 2 heterocycles. The summed E-state index contributed by atoms with van der Waals surface area (Å²) in [5.41, 5.74) is 8.99. The van der Waals surface area contributed by atoms with Crippen LogP contribution in [0, 0.1) is 13.8 Å². The van der Waals surface area contributed by atoms with Gasteiger partial charge in [0.15, 0.2) is 0 Å². The third-order valence-corrected chi connectivity index (χ3v) is 8.54. The van der Waals surface area contributed by atoms with E-state index in [1.807, 2.05) is 110 Å². The number of halogens is 1. The maximum atomic E-state index is 6.87. The second kappa shape index (κ2) is 14.9. The molecule has 0 bridgehead atoms. The van der Waals surface area contributed by atoms with Gasteiger partial charge in [0.05, 0.1) is 16.8 Å². The smallest absolute Gasteiger partial charge is 0.320 e. The molecule has 0 N–H and O–H groups in total. The molecule has 0 radical (unpaired) electrons. The molecule has 6 rings (SSSR count). The van der Waals surface area contributed by atoms with E-state index in [0.717, 1.165) is 50.3 Å². The molecule has 0 aliphatic heterocycles. The molecule has 0 aliphatic carbocycles. The van der Waals surface area contributed by atoms with Gasteiger partial charge >= 0.3 is 6.01 Å². The lowest BCUT2D eigenvalue weighted by atomic mass is 9.85. The quantitative estimate of drug-likeness (QED) is 0.137. The van der Waals surface area contributed by atoms with Crippen LogP contribution in [0.5, 0.6) is 17.6 Å². The number of rotatable bonds is 11. The Morgan fingerprint density at radius 2 is 1.18 bits per heavy atom. The van der Waals surface area contributed by atoms with Crippen molar-refractivity contribution in [1.82, 2.24) is 15.0 Å². The molecule has 0 saturated carbocycles. The first kappa shape index (κ1) is 33.7. The number of hydrogen-bond acceptors (Lipinski definition) is 6. The van der Waals surface area contributed by atoms with Crippen LogP contribution in [0.4, 0.5) is 0 Å². The number of hydrogen-bond donors (Lipinski definition) is 0. The normalized spacial score (nSPS) is 11.3. The Hall–Kier alpha value is -5.20. The third kappa shape index (κ3) is 8.27. The maximum Gasteiger partial charge on any atom is 0.320 e. The summed E-state index contributed by atoms with van der Waals surface area (Å²) in [6, 6.07) is 36.3. The number of benzene rings is 4. The fourth-order valence-electron chi connectivity index (χ4n) is 5.64. The van der Waals surface area contributed by atoms with Crippen LogP contribution in [0.15, 0.2) is 115 Å². The average molecular weight is 670 g/mol. The third-order valence-electron chi connectivity index (χ3n) is 8.23. The van der Waals surface area contributed by atoms with Gasteiger partial charge in [-0.25, -0.2) is 4.98 Å². The largest absolute Gasteiger partial charge is 0.488 e. The van der Waals surface area contributed by atoms with Crippen molar-refractivity contribution >= 4 is 11.6 Å². The summed E-state index contributed by atoms with van der Waals surface area (Å²) in [6.07, 6.45) is 1.73. The molecular formula is C42H40ClN3O3. The van der Waals surface area contributed by atoms with Gasteiger partial charge in [0.1, 0.15) is 25.6 Å². The van der Waals surface area contributed by atoms with E-state index in [0.29, 0.717) is 42.0 Å². The van der Waals surface area contributed by atoms with Crippen LogP contribution < -0.4 is 14.2 Å². The first-order valence-corrected chi connectivity index (χ1v) is 16.7. The molecule has 0 fully saturated rings. The van der Waals surface area contributed by atoms with Gasteiger partial charge in [-0.05, 0) is 53.1 Å². The summed E-state index contributed by atoms with van der Waals surface area (Å²) in [4.78, 5) is 14.5. The van der Waals surface area contributed by atoms with Gasteiger partial charge in [-0.15, -0.1) is 0 Å². The van der Waals surface area contributed by atoms with E-state index < -0.39 is 0 Å². The zero-order valence-corrected chi connectivity index (χ0v) is 29.3. The summed E-state index contributed by atoms with van der Waals surface area (Å²) < 4.78 is 19.0. The zero-order valence-electron chi connectivity index (χ0n) is 28.5. The molecule has 0 spiro atoms. The fourth-order valence-corrected chi connectivity index (χ4v) is 6.09. The SMILES string of the molecule is Cc1cc(C(C)(C)C)c(Cl)cc1-c1cc(OCc2ccccc2)c(-c2cnc(OCc3ccccc3)nc2OCc2ccccc2)c(C)n1. The van der Waals surface area contributed by atoms with Crippen molar-refractivity contribution in [1.29, 1.82) is 0 Å². The van der Waals surface area contributed by atoms with Crippen molar-refractivity contribution in [3.8, 4) is 40.0 Å². The minimum absolute atomic E-state index is 0.0926. The molecule has 2 aromatic heterocycles. The molecule has 0 saturated heterocycles. The van der Waals surface area contributed by atoms with Gasteiger partial charge in [-0.3, -0.25) is 4.98 Å². The van der Waals surface area contributed by atoms with Crippen LogP contribution in [0.1, 0.15) is 54.3 Å². The number of nitrogens with zero attached hydrogens (tertiary/aromatic N) is 3. The number of aromatic nitrogens is 3. The van der Waals surface area contributed by atoms with E-state index in [1.54, 1.807) is 6.20 Å². The number of aryl methyl sites for hydroxylation is 2. The van der Waals surface area contributed by atoms with Crippen LogP contribution in [0.2, 0.25) is 5.02 Å². The second-order valence-electron chi connectivity index (χ2n) is 13.1. The maximum absolute atomic E-state index is 6.87. The van der Waals surface area contributed by atoms with Crippen molar-refractivity contribution in [2.24, 2.45) is 0 Å². The Bertz CT molecular complexity index is 2030. The highest BCUT2D eigenvalue weighted by molar-refractivity contribution is 6.31. The van der Waals surface area contributed by atoms with Gasteiger partial charge in [-0.2, -0.15) is 4.98 Å². The summed E-state index contributed by atoms with van der Waals surface area (Å²) in [7, 11) is 0. The predicted octanol–water partition coefficient (Wildman–Crippen LogP) is 10.5. The average Bonchev–Trinajstić information content (AvgIpc) is 3.10. The lowest BCUT2D eigenvalue weighted by Gasteiger charge is -2.23. The Morgan fingerprint density at radius 3 is 1.76 bits per heavy atom. The first-order chi connectivity index (χ1) is 23.7. The molecule has 7 heteroatoms. The van der Waals surface area contributed by atoms with Crippen molar-refractivity contribution in [2.45, 2.75) is 59.9 Å². The van der Waals surface area contributed by atoms with E-state index in [-0.39, 0.29) is 11.4 Å². The van der Waals surface area contributed by atoms with Crippen LogP contribution in [-0.2, 0) is 25.2 Å². The van der Waals surface area contributed by atoms with Gasteiger partial charge in [0.25, 0.3) is 0 Å². The van der Waals surface area contributed by atoms with E-state index in [1.165, 1.54) is 0 Å². The fraction of sp³-hybridized carbons (Fsp3) is 0.214. The minimum Gasteiger partial charge on any atom is -0.488 e. The zero-order chi connectivity index (χ0) is 34.4. The molecule has 248 valence electrons. The summed E-state index contributed by atoms with van der Waals surface area (Å²) in [5.74, 6) is 1.01. The molecule has 0 aliphatic rings. The molecular weight excluding hydrogens is 630 g/mol. The second-order valence-corrected chi connectivity index (χ2v) is 13.5. The highest BCUT2D eigenvalue weighted by atomic mass is 35.5.